The number of amidine groups is 1. The molecule has 162 valence electrons. The number of sulfonamides is 2. The lowest BCUT2D eigenvalue weighted by Crippen LogP contribution is -2.29. The molecule has 1 aliphatic heterocycles. The SMILES string of the molecule is O=S(=O)(NC1=NCCC1)c1cccc(NS(=O)(=O)c2ccc(Cl)c(C(F)(F)F)c2)c1. The number of hydrogen-bond acceptors (Lipinski definition) is 5. The minimum atomic E-state index is -4.84. The van der Waals surface area contributed by atoms with Crippen molar-refractivity contribution in [3.05, 3.63) is 53.1 Å². The van der Waals surface area contributed by atoms with Gasteiger partial charge in [-0.3, -0.25) is 14.4 Å². The third-order valence-corrected chi connectivity index (χ3v) is 7.16. The minimum Gasteiger partial charge on any atom is -0.280 e. The van der Waals surface area contributed by atoms with Crippen LogP contribution in [0.25, 0.3) is 0 Å². The first-order chi connectivity index (χ1) is 13.9. The Labute approximate surface area is 176 Å². The summed E-state index contributed by atoms with van der Waals surface area (Å²) in [6.45, 7) is 0.513. The highest BCUT2D eigenvalue weighted by Crippen LogP contribution is 2.36. The normalized spacial score (nSPS) is 15.0. The van der Waals surface area contributed by atoms with Crippen LogP contribution in [0, 0.1) is 0 Å². The minimum absolute atomic E-state index is 0.144. The predicted molar refractivity (Wildman–Crippen MR) is 106 cm³/mol. The Bertz CT molecular complexity index is 1210. The molecular formula is C17H15ClF3N3O4S2. The van der Waals surface area contributed by atoms with E-state index in [4.69, 9.17) is 11.6 Å². The van der Waals surface area contributed by atoms with Crippen LogP contribution in [-0.4, -0.2) is 29.2 Å². The Kier molecular flexibility index (Phi) is 6.03. The Morgan fingerprint density at radius 1 is 0.933 bits per heavy atom. The van der Waals surface area contributed by atoms with Crippen molar-refractivity contribution in [2.45, 2.75) is 28.8 Å². The van der Waals surface area contributed by atoms with Gasteiger partial charge in [-0.1, -0.05) is 17.7 Å². The second-order valence-corrected chi connectivity index (χ2v) is 10.1. The van der Waals surface area contributed by atoms with Crippen LogP contribution in [0.15, 0.2) is 57.2 Å². The van der Waals surface area contributed by atoms with Crippen molar-refractivity contribution in [3.8, 4) is 0 Å². The molecule has 2 N–H and O–H groups in total. The zero-order valence-electron chi connectivity index (χ0n) is 15.1. The lowest BCUT2D eigenvalue weighted by atomic mass is 10.2. The molecule has 1 heterocycles. The summed E-state index contributed by atoms with van der Waals surface area (Å²) in [5.41, 5.74) is -1.44. The number of rotatable bonds is 5. The van der Waals surface area contributed by atoms with Crippen molar-refractivity contribution < 1.29 is 30.0 Å². The van der Waals surface area contributed by atoms with Crippen LogP contribution in [0.2, 0.25) is 5.02 Å². The highest BCUT2D eigenvalue weighted by Gasteiger charge is 2.34. The van der Waals surface area contributed by atoms with E-state index >= 15 is 0 Å². The third kappa shape index (κ3) is 5.05. The third-order valence-electron chi connectivity index (χ3n) is 4.08. The van der Waals surface area contributed by atoms with Gasteiger partial charge in [-0.15, -0.1) is 0 Å². The second-order valence-electron chi connectivity index (χ2n) is 6.31. The maximum atomic E-state index is 13.0. The summed E-state index contributed by atoms with van der Waals surface area (Å²) in [4.78, 5) is 3.11. The average molecular weight is 482 g/mol. The van der Waals surface area contributed by atoms with Gasteiger partial charge in [-0.2, -0.15) is 13.2 Å². The maximum Gasteiger partial charge on any atom is 0.417 e. The van der Waals surface area contributed by atoms with Gasteiger partial charge in [0.1, 0.15) is 5.84 Å². The molecule has 2 aromatic rings. The number of alkyl halides is 3. The molecule has 13 heteroatoms. The van der Waals surface area contributed by atoms with Gasteiger partial charge in [0.25, 0.3) is 20.0 Å². The van der Waals surface area contributed by atoms with E-state index in [0.29, 0.717) is 24.9 Å². The summed E-state index contributed by atoms with van der Waals surface area (Å²) >= 11 is 5.51. The highest BCUT2D eigenvalue weighted by molar-refractivity contribution is 7.92. The zero-order chi connectivity index (χ0) is 22.2. The van der Waals surface area contributed by atoms with Crippen molar-refractivity contribution in [2.24, 2.45) is 4.99 Å². The van der Waals surface area contributed by atoms with Crippen molar-refractivity contribution in [1.29, 1.82) is 0 Å². The van der Waals surface area contributed by atoms with E-state index in [-0.39, 0.29) is 10.6 Å². The molecule has 0 fully saturated rings. The van der Waals surface area contributed by atoms with Gasteiger partial charge in [0.05, 0.1) is 26.1 Å². The monoisotopic (exact) mass is 481 g/mol. The molecule has 0 atom stereocenters. The van der Waals surface area contributed by atoms with Crippen LogP contribution in [0.5, 0.6) is 0 Å². The molecule has 0 spiro atoms. The molecule has 2 aromatic carbocycles. The predicted octanol–water partition coefficient (Wildman–Crippen LogP) is 3.63. The van der Waals surface area contributed by atoms with Crippen molar-refractivity contribution in [3.63, 3.8) is 0 Å². The van der Waals surface area contributed by atoms with Crippen LogP contribution in [-0.2, 0) is 26.2 Å². The van der Waals surface area contributed by atoms with Crippen LogP contribution in [0.3, 0.4) is 0 Å². The first-order valence-electron chi connectivity index (χ1n) is 8.44. The van der Waals surface area contributed by atoms with Gasteiger partial charge < -0.3 is 0 Å². The molecule has 0 amide bonds. The molecule has 0 saturated heterocycles. The van der Waals surface area contributed by atoms with Gasteiger partial charge in [0.15, 0.2) is 0 Å². The van der Waals surface area contributed by atoms with E-state index in [1.54, 1.807) is 0 Å². The quantitative estimate of drug-likeness (QED) is 0.680. The summed E-state index contributed by atoms with van der Waals surface area (Å²) in [7, 11) is -8.45. The fourth-order valence-electron chi connectivity index (χ4n) is 2.67. The van der Waals surface area contributed by atoms with Gasteiger partial charge in [-0.25, -0.2) is 16.8 Å². The lowest BCUT2D eigenvalue weighted by molar-refractivity contribution is -0.137. The van der Waals surface area contributed by atoms with E-state index in [9.17, 15) is 30.0 Å². The first-order valence-corrected chi connectivity index (χ1v) is 11.8. The maximum absolute atomic E-state index is 13.0. The number of aliphatic imine (C=N–C) groups is 1. The Morgan fingerprint density at radius 2 is 1.60 bits per heavy atom. The topological polar surface area (TPSA) is 105 Å². The fraction of sp³-hybridized carbons (Fsp3) is 0.235. The van der Waals surface area contributed by atoms with Gasteiger partial charge >= 0.3 is 6.18 Å². The molecule has 0 bridgehead atoms. The standard InChI is InChI=1S/C17H15ClF3N3O4S2/c18-15-7-6-13(10-14(15)17(19,20)21)29(25,26)23-11-3-1-4-12(9-11)30(27,28)24-16-5-2-8-22-16/h1,3-4,6-7,9-10,23H,2,5,8H2,(H,22,24). The molecule has 3 rings (SSSR count). The number of hydrogen-bond donors (Lipinski definition) is 2. The fourth-order valence-corrected chi connectivity index (χ4v) is 5.10. The van der Waals surface area contributed by atoms with Gasteiger partial charge in [0.2, 0.25) is 0 Å². The summed E-state index contributed by atoms with van der Waals surface area (Å²) in [6.07, 6.45) is -3.65. The Hall–Kier alpha value is -2.31. The second kappa shape index (κ2) is 8.08. The number of nitrogens with zero attached hydrogens (tertiary/aromatic N) is 1. The first kappa shape index (κ1) is 22.4. The van der Waals surface area contributed by atoms with E-state index in [0.717, 1.165) is 24.6 Å². The molecule has 1 aliphatic rings. The molecule has 0 aromatic heterocycles. The Morgan fingerprint density at radius 3 is 2.23 bits per heavy atom. The van der Waals surface area contributed by atoms with Crippen molar-refractivity contribution >= 4 is 43.2 Å². The largest absolute Gasteiger partial charge is 0.417 e. The summed E-state index contributed by atoms with van der Waals surface area (Å²) in [6, 6.07) is 7.02. The Balaban J connectivity index is 1.89. The van der Waals surface area contributed by atoms with E-state index < -0.39 is 41.7 Å². The highest BCUT2D eigenvalue weighted by atomic mass is 35.5. The van der Waals surface area contributed by atoms with Crippen LogP contribution in [0.1, 0.15) is 18.4 Å². The van der Waals surface area contributed by atoms with Crippen LogP contribution < -0.4 is 9.44 Å². The molecule has 0 unspecified atom stereocenters. The van der Waals surface area contributed by atoms with E-state index in [1.165, 1.54) is 18.2 Å². The molecule has 7 nitrogen and oxygen atoms in total. The van der Waals surface area contributed by atoms with Gasteiger partial charge in [-0.05, 0) is 42.8 Å². The van der Waals surface area contributed by atoms with Crippen molar-refractivity contribution in [1.82, 2.24) is 4.72 Å². The van der Waals surface area contributed by atoms with E-state index in [1.807, 2.05) is 0 Å². The van der Waals surface area contributed by atoms with Gasteiger partial charge in [0, 0.05) is 13.0 Å². The molecule has 0 saturated carbocycles. The molecule has 30 heavy (non-hydrogen) atoms. The number of nitrogens with one attached hydrogen (secondary N) is 2. The smallest absolute Gasteiger partial charge is 0.280 e. The summed E-state index contributed by atoms with van der Waals surface area (Å²) in [5, 5.41) is -0.643. The average Bonchev–Trinajstić information content (AvgIpc) is 3.13. The number of anilines is 1. The van der Waals surface area contributed by atoms with Crippen molar-refractivity contribution in [2.75, 3.05) is 11.3 Å². The molecule has 0 aliphatic carbocycles. The zero-order valence-corrected chi connectivity index (χ0v) is 17.5. The van der Waals surface area contributed by atoms with Crippen LogP contribution in [0.4, 0.5) is 18.9 Å². The number of benzene rings is 2. The summed E-state index contributed by atoms with van der Waals surface area (Å²) in [5.74, 6) is 0.307. The lowest BCUT2D eigenvalue weighted by Gasteiger charge is -2.13. The molecular weight excluding hydrogens is 467 g/mol. The van der Waals surface area contributed by atoms with Crippen LogP contribution >= 0.6 is 11.6 Å². The molecule has 0 radical (unpaired) electrons. The number of halogens is 4. The van der Waals surface area contributed by atoms with E-state index in [2.05, 4.69) is 14.4 Å². The summed E-state index contributed by atoms with van der Waals surface area (Å²) < 4.78 is 93.4.